The Morgan fingerprint density at radius 1 is 1.03 bits per heavy atom. The number of halogens is 3. The lowest BCUT2D eigenvalue weighted by Gasteiger charge is -2.42. The number of ether oxygens (including phenoxy) is 2. The second-order valence-corrected chi connectivity index (χ2v) is 12.3. The van der Waals surface area contributed by atoms with Crippen molar-refractivity contribution in [2.24, 2.45) is 11.8 Å². The standard InChI is InChI=1S/C26H35F3O3S2/c1-8-33-25(34-9-2,19-10-12-20(13-11-19)26(27,28)29)22-15-14-21(16-18(22)5)32-24(6,7)23(30)31-17(3)4/h10-18,22H,8-9H2,1-7H3. The van der Waals surface area contributed by atoms with E-state index in [1.54, 1.807) is 63.4 Å². The molecule has 1 aliphatic carbocycles. The van der Waals surface area contributed by atoms with Crippen molar-refractivity contribution >= 4 is 29.5 Å². The van der Waals surface area contributed by atoms with Crippen molar-refractivity contribution in [2.75, 3.05) is 11.5 Å². The van der Waals surface area contributed by atoms with Gasteiger partial charge in [0.05, 0.1) is 15.7 Å². The second kappa shape index (κ2) is 11.5. The molecule has 0 fully saturated rings. The topological polar surface area (TPSA) is 35.5 Å². The summed E-state index contributed by atoms with van der Waals surface area (Å²) in [5, 5.41) is 0. The number of carbonyl (C=O) groups is 1. The summed E-state index contributed by atoms with van der Waals surface area (Å²) in [7, 11) is 0. The Morgan fingerprint density at radius 3 is 2.00 bits per heavy atom. The van der Waals surface area contributed by atoms with Gasteiger partial charge in [-0.1, -0.05) is 39.0 Å². The van der Waals surface area contributed by atoms with Crippen LogP contribution in [0.25, 0.3) is 0 Å². The van der Waals surface area contributed by atoms with E-state index in [9.17, 15) is 18.0 Å². The number of hydrogen-bond acceptors (Lipinski definition) is 5. The third-order valence-corrected chi connectivity index (χ3v) is 8.60. The molecule has 2 rings (SSSR count). The van der Waals surface area contributed by atoms with Crippen LogP contribution in [-0.4, -0.2) is 29.2 Å². The Labute approximate surface area is 209 Å². The van der Waals surface area contributed by atoms with E-state index in [0.29, 0.717) is 5.76 Å². The Morgan fingerprint density at radius 2 is 1.56 bits per heavy atom. The van der Waals surface area contributed by atoms with Crippen molar-refractivity contribution in [3.8, 4) is 0 Å². The molecule has 0 aliphatic heterocycles. The van der Waals surface area contributed by atoms with Gasteiger partial charge in [-0.2, -0.15) is 13.2 Å². The van der Waals surface area contributed by atoms with Gasteiger partial charge in [0, 0.05) is 5.92 Å². The normalized spacial score (nSPS) is 19.2. The molecule has 0 bridgehead atoms. The Balaban J connectivity index is 2.37. The van der Waals surface area contributed by atoms with Crippen molar-refractivity contribution < 1.29 is 27.4 Å². The molecule has 1 aliphatic rings. The fraction of sp³-hybridized carbons (Fsp3) is 0.577. The fourth-order valence-electron chi connectivity index (χ4n) is 3.94. The molecule has 0 spiro atoms. The average Bonchev–Trinajstić information content (AvgIpc) is 2.72. The maximum absolute atomic E-state index is 13.2. The molecule has 0 heterocycles. The molecule has 0 saturated heterocycles. The molecular weight excluding hydrogens is 481 g/mol. The summed E-state index contributed by atoms with van der Waals surface area (Å²) in [5.74, 6) is 1.81. The third kappa shape index (κ3) is 6.78. The van der Waals surface area contributed by atoms with Crippen LogP contribution in [0.15, 0.2) is 48.3 Å². The van der Waals surface area contributed by atoms with Crippen molar-refractivity contribution in [3.05, 3.63) is 59.4 Å². The lowest BCUT2D eigenvalue weighted by molar-refractivity contribution is -0.167. The molecule has 2 unspecified atom stereocenters. The van der Waals surface area contributed by atoms with E-state index < -0.39 is 27.4 Å². The highest BCUT2D eigenvalue weighted by Crippen LogP contribution is 2.56. The highest BCUT2D eigenvalue weighted by Gasteiger charge is 2.44. The summed E-state index contributed by atoms with van der Waals surface area (Å²) >= 11 is 3.48. The van der Waals surface area contributed by atoms with Gasteiger partial charge in [-0.05, 0) is 75.0 Å². The number of allylic oxidation sites excluding steroid dienone is 3. The van der Waals surface area contributed by atoms with Gasteiger partial charge in [0.2, 0.25) is 0 Å². The van der Waals surface area contributed by atoms with Crippen molar-refractivity contribution in [1.29, 1.82) is 0 Å². The lowest BCUT2D eigenvalue weighted by Crippen LogP contribution is -2.38. The molecule has 34 heavy (non-hydrogen) atoms. The van der Waals surface area contributed by atoms with E-state index in [1.807, 2.05) is 12.2 Å². The highest BCUT2D eigenvalue weighted by molar-refractivity contribution is 8.17. The number of esters is 1. The minimum absolute atomic E-state index is 0.0113. The van der Waals surface area contributed by atoms with Gasteiger partial charge >= 0.3 is 12.1 Å². The molecular formula is C26H35F3O3S2. The van der Waals surface area contributed by atoms with E-state index in [1.165, 1.54) is 12.1 Å². The van der Waals surface area contributed by atoms with Crippen molar-refractivity contribution in [2.45, 2.75) is 70.4 Å². The number of alkyl halides is 3. The minimum Gasteiger partial charge on any atom is -0.477 e. The average molecular weight is 517 g/mol. The van der Waals surface area contributed by atoms with Crippen LogP contribution in [0.2, 0.25) is 0 Å². The van der Waals surface area contributed by atoms with Crippen LogP contribution in [0.3, 0.4) is 0 Å². The van der Waals surface area contributed by atoms with Crippen LogP contribution in [0.4, 0.5) is 13.2 Å². The predicted octanol–water partition coefficient (Wildman–Crippen LogP) is 7.82. The molecule has 8 heteroatoms. The van der Waals surface area contributed by atoms with Crippen LogP contribution in [0, 0.1) is 11.8 Å². The monoisotopic (exact) mass is 516 g/mol. The fourth-order valence-corrected chi connectivity index (χ4v) is 7.41. The summed E-state index contributed by atoms with van der Waals surface area (Å²) in [6.45, 7) is 13.1. The molecule has 1 aromatic rings. The van der Waals surface area contributed by atoms with Crippen LogP contribution >= 0.6 is 23.5 Å². The first kappa shape index (κ1) is 28.7. The lowest BCUT2D eigenvalue weighted by atomic mass is 9.83. The number of benzene rings is 1. The van der Waals surface area contributed by atoms with Gasteiger partial charge in [-0.3, -0.25) is 0 Å². The predicted molar refractivity (Wildman–Crippen MR) is 136 cm³/mol. The Bertz CT molecular complexity index is 884. The molecule has 0 N–H and O–H groups in total. The third-order valence-electron chi connectivity index (χ3n) is 5.44. The van der Waals surface area contributed by atoms with E-state index in [4.69, 9.17) is 9.47 Å². The smallest absolute Gasteiger partial charge is 0.416 e. The summed E-state index contributed by atoms with van der Waals surface area (Å²) in [6, 6.07) is 5.55. The first-order valence-corrected chi connectivity index (χ1v) is 13.5. The van der Waals surface area contributed by atoms with Gasteiger partial charge in [0.15, 0.2) is 5.60 Å². The van der Waals surface area contributed by atoms with Crippen LogP contribution < -0.4 is 0 Å². The van der Waals surface area contributed by atoms with Crippen molar-refractivity contribution in [3.63, 3.8) is 0 Å². The summed E-state index contributed by atoms with van der Waals surface area (Å²) < 4.78 is 50.3. The van der Waals surface area contributed by atoms with E-state index in [2.05, 4.69) is 26.8 Å². The molecule has 0 radical (unpaired) electrons. The first-order valence-electron chi connectivity index (χ1n) is 11.5. The van der Waals surface area contributed by atoms with Crippen LogP contribution in [-0.2, 0) is 24.5 Å². The molecule has 190 valence electrons. The highest BCUT2D eigenvalue weighted by atomic mass is 32.2. The maximum Gasteiger partial charge on any atom is 0.416 e. The SMILES string of the molecule is CCSC(SCC)(c1ccc(C(F)(F)F)cc1)C1C=CC(OC(C)(C)C(=O)OC(C)C)=CC1C. The van der Waals surface area contributed by atoms with E-state index in [-0.39, 0.29) is 17.9 Å². The summed E-state index contributed by atoms with van der Waals surface area (Å²) in [4.78, 5) is 12.4. The van der Waals surface area contributed by atoms with Gasteiger partial charge in [0.1, 0.15) is 5.76 Å². The van der Waals surface area contributed by atoms with Crippen LogP contribution in [0.5, 0.6) is 0 Å². The quantitative estimate of drug-likeness (QED) is 0.234. The maximum atomic E-state index is 13.2. The summed E-state index contributed by atoms with van der Waals surface area (Å²) in [6.07, 6.45) is 1.30. The van der Waals surface area contributed by atoms with Crippen LogP contribution in [0.1, 0.15) is 59.6 Å². The van der Waals surface area contributed by atoms with Gasteiger partial charge in [0.25, 0.3) is 0 Å². The number of rotatable bonds is 10. The largest absolute Gasteiger partial charge is 0.477 e. The van der Waals surface area contributed by atoms with Gasteiger partial charge in [-0.25, -0.2) is 4.79 Å². The minimum atomic E-state index is -4.37. The molecule has 0 aromatic heterocycles. The molecule has 1 aromatic carbocycles. The van der Waals surface area contributed by atoms with Crippen molar-refractivity contribution in [1.82, 2.24) is 0 Å². The zero-order valence-corrected chi connectivity index (χ0v) is 22.5. The Kier molecular flexibility index (Phi) is 9.68. The van der Waals surface area contributed by atoms with Gasteiger partial charge in [-0.15, -0.1) is 23.5 Å². The molecule has 0 saturated carbocycles. The number of thioether (sulfide) groups is 2. The van der Waals surface area contributed by atoms with E-state index >= 15 is 0 Å². The molecule has 2 atom stereocenters. The number of hydrogen-bond donors (Lipinski definition) is 0. The molecule has 0 amide bonds. The molecule has 3 nitrogen and oxygen atoms in total. The summed E-state index contributed by atoms with van der Waals surface area (Å²) in [5.41, 5.74) is -0.931. The van der Waals surface area contributed by atoms with E-state index in [0.717, 1.165) is 17.1 Å². The Hall–Kier alpha value is -1.54. The second-order valence-electron chi connectivity index (χ2n) is 8.99. The zero-order chi connectivity index (χ0) is 25.7. The zero-order valence-electron chi connectivity index (χ0n) is 20.9. The van der Waals surface area contributed by atoms with Gasteiger partial charge < -0.3 is 9.47 Å². The number of carbonyl (C=O) groups excluding carboxylic acids is 1. The first-order chi connectivity index (χ1) is 15.8.